The van der Waals surface area contributed by atoms with Gasteiger partial charge in [-0.25, -0.2) is 0 Å². The number of amides is 1. The summed E-state index contributed by atoms with van der Waals surface area (Å²) in [6.07, 6.45) is 0.360. The van der Waals surface area contributed by atoms with Crippen molar-refractivity contribution in [3.8, 4) is 0 Å². The monoisotopic (exact) mass is 371 g/mol. The molecule has 4 unspecified atom stereocenters. The average molecular weight is 372 g/mol. The molecule has 0 rings (SSSR count). The predicted octanol–water partition coefficient (Wildman–Crippen LogP) is 1.66. The second-order valence-electron chi connectivity index (χ2n) is 5.11. The van der Waals surface area contributed by atoms with Gasteiger partial charge in [-0.3, -0.25) is 19.2 Å². The van der Waals surface area contributed by atoms with Crippen LogP contribution in [0.15, 0.2) is 0 Å². The van der Waals surface area contributed by atoms with Gasteiger partial charge in [0, 0.05) is 17.2 Å². The lowest BCUT2D eigenvalue weighted by molar-refractivity contribution is -0.144. The third kappa shape index (κ3) is 6.76. The fourth-order valence-electron chi connectivity index (χ4n) is 2.02. The highest BCUT2D eigenvalue weighted by Crippen LogP contribution is 2.35. The second kappa shape index (κ2) is 10.4. The summed E-state index contributed by atoms with van der Waals surface area (Å²) in [5, 5.41) is 0. The number of rotatable bonds is 9. The van der Waals surface area contributed by atoms with Crippen molar-refractivity contribution < 1.29 is 23.9 Å². The molecule has 0 bridgehead atoms. The van der Waals surface area contributed by atoms with Crippen molar-refractivity contribution in [2.24, 2.45) is 5.41 Å². The highest BCUT2D eigenvalue weighted by Gasteiger charge is 2.39. The summed E-state index contributed by atoms with van der Waals surface area (Å²) in [7, 11) is 4.72. The second-order valence-corrected chi connectivity index (χ2v) is 6.91. The third-order valence-corrected chi connectivity index (χ3v) is 4.34. The predicted molar refractivity (Wildman–Crippen MR) is 91.6 cm³/mol. The molecule has 1 N–H and O–H groups in total. The topological polar surface area (TPSA) is 81.7 Å². The maximum atomic E-state index is 12.1. The van der Waals surface area contributed by atoms with Gasteiger partial charge in [0.05, 0.1) is 24.5 Å². The van der Waals surface area contributed by atoms with Crippen LogP contribution in [0.4, 0.5) is 0 Å². The molecule has 0 aliphatic rings. The quantitative estimate of drug-likeness (QED) is 0.379. The molecule has 9 heteroatoms. The summed E-state index contributed by atoms with van der Waals surface area (Å²) in [4.78, 5) is 37.7. The molecule has 0 spiro atoms. The minimum absolute atomic E-state index is 0.180. The van der Waals surface area contributed by atoms with Gasteiger partial charge < -0.3 is 9.47 Å². The van der Waals surface area contributed by atoms with Crippen LogP contribution in [0.5, 0.6) is 0 Å². The highest BCUT2D eigenvalue weighted by atomic mass is 35.5. The van der Waals surface area contributed by atoms with Crippen LogP contribution in [-0.4, -0.2) is 42.4 Å². The Hall–Kier alpha value is -0.440. The van der Waals surface area contributed by atoms with E-state index in [9.17, 15) is 14.4 Å². The molecule has 0 heterocycles. The van der Waals surface area contributed by atoms with Crippen molar-refractivity contribution in [2.75, 3.05) is 13.2 Å². The van der Waals surface area contributed by atoms with Crippen molar-refractivity contribution >= 4 is 48.1 Å². The van der Waals surface area contributed by atoms with E-state index in [0.29, 0.717) is 0 Å². The van der Waals surface area contributed by atoms with Gasteiger partial charge in [0.15, 0.2) is 0 Å². The van der Waals surface area contributed by atoms with Gasteiger partial charge in [-0.2, -0.15) is 0 Å². The van der Waals surface area contributed by atoms with Gasteiger partial charge in [0.25, 0.3) is 0 Å². The molecular formula is C13H24ClNO5P2. The number of hydrogen-bond acceptors (Lipinski definition) is 5. The number of carbonyl (C=O) groups excluding carboxylic acids is 3. The molecular weight excluding hydrogens is 348 g/mol. The molecule has 0 saturated heterocycles. The first-order valence-corrected chi connectivity index (χ1v) is 8.68. The van der Waals surface area contributed by atoms with E-state index in [1.165, 1.54) is 0 Å². The number of ether oxygens (including phenoxy) is 2. The zero-order valence-corrected chi connectivity index (χ0v) is 16.1. The van der Waals surface area contributed by atoms with Crippen LogP contribution < -0.4 is 4.84 Å². The SMILES string of the molecule is CCOC(=O)C(P)CC(C)(CC(P)C(=O)OCC)C(=O)NCl. The Morgan fingerprint density at radius 2 is 1.41 bits per heavy atom. The Bertz CT molecular complexity index is 382. The minimum atomic E-state index is -1.01. The van der Waals surface area contributed by atoms with Crippen LogP contribution >= 0.6 is 30.3 Å². The van der Waals surface area contributed by atoms with Crippen molar-refractivity contribution in [1.29, 1.82) is 0 Å². The maximum absolute atomic E-state index is 12.1. The number of esters is 2. The fraction of sp³-hybridized carbons (Fsp3) is 0.769. The molecule has 0 aliphatic carbocycles. The highest BCUT2D eigenvalue weighted by molar-refractivity contribution is 7.19. The van der Waals surface area contributed by atoms with Crippen molar-refractivity contribution in [1.82, 2.24) is 4.84 Å². The number of halogens is 1. The largest absolute Gasteiger partial charge is 0.466 e. The molecule has 0 aromatic heterocycles. The van der Waals surface area contributed by atoms with Gasteiger partial charge in [-0.1, -0.05) is 6.92 Å². The Kier molecular flexibility index (Phi) is 10.1. The van der Waals surface area contributed by atoms with E-state index in [-0.39, 0.29) is 26.1 Å². The molecule has 4 atom stereocenters. The van der Waals surface area contributed by atoms with E-state index >= 15 is 0 Å². The molecule has 128 valence electrons. The maximum Gasteiger partial charge on any atom is 0.312 e. The molecule has 0 radical (unpaired) electrons. The van der Waals surface area contributed by atoms with Crippen LogP contribution in [0.2, 0.25) is 0 Å². The van der Waals surface area contributed by atoms with Crippen LogP contribution in [0, 0.1) is 5.41 Å². The van der Waals surface area contributed by atoms with Crippen molar-refractivity contribution in [3.63, 3.8) is 0 Å². The lowest BCUT2D eigenvalue weighted by atomic mass is 9.80. The molecule has 0 fully saturated rings. The van der Waals surface area contributed by atoms with E-state index in [0.717, 1.165) is 0 Å². The summed E-state index contributed by atoms with van der Waals surface area (Å²) < 4.78 is 9.87. The van der Waals surface area contributed by atoms with E-state index in [1.54, 1.807) is 20.8 Å². The lowest BCUT2D eigenvalue weighted by Gasteiger charge is -2.31. The molecule has 1 amide bonds. The molecule has 0 aromatic carbocycles. The third-order valence-electron chi connectivity index (χ3n) is 3.15. The van der Waals surface area contributed by atoms with Crippen LogP contribution in [0.25, 0.3) is 0 Å². The fourth-order valence-corrected chi connectivity index (χ4v) is 3.48. The first kappa shape index (κ1) is 21.6. The van der Waals surface area contributed by atoms with E-state index < -0.39 is 34.6 Å². The summed E-state index contributed by atoms with van der Waals surface area (Å²) in [6.45, 7) is 5.59. The molecule has 0 aromatic rings. The van der Waals surface area contributed by atoms with Gasteiger partial charge in [0.2, 0.25) is 5.91 Å². The Labute approximate surface area is 140 Å². The van der Waals surface area contributed by atoms with Gasteiger partial charge in [0.1, 0.15) is 0 Å². The number of nitrogens with one attached hydrogen (secondary N) is 1. The van der Waals surface area contributed by atoms with E-state index in [2.05, 4.69) is 23.3 Å². The van der Waals surface area contributed by atoms with Gasteiger partial charge in [-0.15, -0.1) is 18.5 Å². The summed E-state index contributed by atoms with van der Waals surface area (Å²) in [5.41, 5.74) is -2.16. The van der Waals surface area contributed by atoms with E-state index in [1.807, 2.05) is 0 Å². The Morgan fingerprint density at radius 3 is 1.68 bits per heavy atom. The molecule has 6 nitrogen and oxygen atoms in total. The summed E-state index contributed by atoms with van der Waals surface area (Å²) in [6, 6.07) is 0. The van der Waals surface area contributed by atoms with Crippen LogP contribution in [-0.2, 0) is 23.9 Å². The molecule has 0 aliphatic heterocycles. The van der Waals surface area contributed by atoms with E-state index in [4.69, 9.17) is 21.3 Å². The first-order valence-electron chi connectivity index (χ1n) is 6.97. The first-order chi connectivity index (χ1) is 10.2. The minimum Gasteiger partial charge on any atom is -0.466 e. The molecule has 0 saturated carbocycles. The van der Waals surface area contributed by atoms with Crippen LogP contribution in [0.3, 0.4) is 0 Å². The average Bonchev–Trinajstić information content (AvgIpc) is 2.46. The van der Waals surface area contributed by atoms with Gasteiger partial charge in [-0.05, 0) is 26.7 Å². The smallest absolute Gasteiger partial charge is 0.312 e. The Morgan fingerprint density at radius 1 is 1.05 bits per heavy atom. The summed E-state index contributed by atoms with van der Waals surface area (Å²) >= 11 is 5.44. The normalized spacial score (nSPS) is 16.1. The number of hydrogen-bond donors (Lipinski definition) is 1. The van der Waals surface area contributed by atoms with Gasteiger partial charge >= 0.3 is 11.9 Å². The zero-order valence-electron chi connectivity index (χ0n) is 13.1. The van der Waals surface area contributed by atoms with Crippen molar-refractivity contribution in [3.05, 3.63) is 0 Å². The lowest BCUT2D eigenvalue weighted by Crippen LogP contribution is -2.41. The van der Waals surface area contributed by atoms with Crippen molar-refractivity contribution in [2.45, 2.75) is 44.9 Å². The number of carbonyl (C=O) groups is 3. The van der Waals surface area contributed by atoms with Crippen LogP contribution in [0.1, 0.15) is 33.6 Å². The Balaban J connectivity index is 5.04. The summed E-state index contributed by atoms with van der Waals surface area (Å²) in [5.74, 6) is -1.29. The zero-order chi connectivity index (χ0) is 17.3. The standard InChI is InChI=1S/C13H24ClNO5P2/c1-4-19-10(16)8(21)6-13(3,12(18)15-14)7-9(22)11(17)20-5-2/h8-9H,4-7,21-22H2,1-3H3,(H,15,18). The molecule has 22 heavy (non-hydrogen) atoms.